The van der Waals surface area contributed by atoms with Crippen LogP contribution in [-0.2, 0) is 4.79 Å². The third kappa shape index (κ3) is 3.85. The SMILES string of the molecule is Cl.NC1CCC(C(=O)NC(c2ccccc2)c2nccs2)C1. The maximum absolute atomic E-state index is 12.5. The number of nitrogens with zero attached hydrogens (tertiary/aromatic N) is 1. The molecule has 1 saturated carbocycles. The summed E-state index contributed by atoms with van der Waals surface area (Å²) in [4.78, 5) is 16.8. The topological polar surface area (TPSA) is 68.0 Å². The largest absolute Gasteiger partial charge is 0.342 e. The van der Waals surface area contributed by atoms with Crippen LogP contribution >= 0.6 is 23.7 Å². The van der Waals surface area contributed by atoms with Gasteiger partial charge in [0, 0.05) is 23.5 Å². The number of aromatic nitrogens is 1. The summed E-state index contributed by atoms with van der Waals surface area (Å²) in [6, 6.07) is 9.97. The molecule has 0 radical (unpaired) electrons. The van der Waals surface area contributed by atoms with Gasteiger partial charge in [-0.1, -0.05) is 30.3 Å². The van der Waals surface area contributed by atoms with E-state index in [-0.39, 0.29) is 36.3 Å². The lowest BCUT2D eigenvalue weighted by atomic mass is 10.0. The molecule has 1 aliphatic rings. The second kappa shape index (κ2) is 7.72. The van der Waals surface area contributed by atoms with Gasteiger partial charge in [0.2, 0.25) is 5.91 Å². The Morgan fingerprint density at radius 1 is 1.32 bits per heavy atom. The van der Waals surface area contributed by atoms with Crippen molar-refractivity contribution < 1.29 is 4.79 Å². The van der Waals surface area contributed by atoms with Crippen molar-refractivity contribution in [2.45, 2.75) is 31.3 Å². The van der Waals surface area contributed by atoms with Crippen molar-refractivity contribution >= 4 is 29.7 Å². The maximum atomic E-state index is 12.5. The molecule has 0 bridgehead atoms. The second-order valence-electron chi connectivity index (χ2n) is 5.49. The highest BCUT2D eigenvalue weighted by Gasteiger charge is 2.30. The predicted octanol–water partition coefficient (Wildman–Crippen LogP) is 2.90. The number of nitrogens with two attached hydrogens (primary N) is 1. The summed E-state index contributed by atoms with van der Waals surface area (Å²) in [6.07, 6.45) is 4.37. The Kier molecular flexibility index (Phi) is 5.94. The first-order valence-corrected chi connectivity index (χ1v) is 8.12. The molecule has 0 saturated heterocycles. The predicted molar refractivity (Wildman–Crippen MR) is 91.1 cm³/mol. The highest BCUT2D eigenvalue weighted by molar-refractivity contribution is 7.09. The normalized spacial score (nSPS) is 21.9. The molecular weight excluding hydrogens is 318 g/mol. The third-order valence-electron chi connectivity index (χ3n) is 3.96. The van der Waals surface area contributed by atoms with E-state index >= 15 is 0 Å². The van der Waals surface area contributed by atoms with Gasteiger partial charge in [0.25, 0.3) is 0 Å². The summed E-state index contributed by atoms with van der Waals surface area (Å²) >= 11 is 1.56. The van der Waals surface area contributed by atoms with E-state index in [0.29, 0.717) is 0 Å². The molecule has 3 unspecified atom stereocenters. The maximum Gasteiger partial charge on any atom is 0.223 e. The van der Waals surface area contributed by atoms with Gasteiger partial charge in [0.15, 0.2) is 0 Å². The first-order chi connectivity index (χ1) is 10.2. The van der Waals surface area contributed by atoms with Crippen molar-refractivity contribution in [1.29, 1.82) is 0 Å². The monoisotopic (exact) mass is 337 g/mol. The van der Waals surface area contributed by atoms with Gasteiger partial charge < -0.3 is 11.1 Å². The quantitative estimate of drug-likeness (QED) is 0.901. The minimum absolute atomic E-state index is 0. The Hall–Kier alpha value is -1.43. The third-order valence-corrected chi connectivity index (χ3v) is 4.80. The van der Waals surface area contributed by atoms with Gasteiger partial charge >= 0.3 is 0 Å². The standard InChI is InChI=1S/C16H19N3OS.ClH/c17-13-7-6-12(10-13)15(20)19-14(16-18-8-9-21-16)11-4-2-1-3-5-11;/h1-5,8-9,12-14H,6-7,10,17H2,(H,19,20);1H. The number of carbonyl (C=O) groups is 1. The van der Waals surface area contributed by atoms with E-state index in [0.717, 1.165) is 29.8 Å². The molecule has 1 fully saturated rings. The minimum atomic E-state index is -0.171. The van der Waals surface area contributed by atoms with E-state index < -0.39 is 0 Å². The Morgan fingerprint density at radius 2 is 2.09 bits per heavy atom. The van der Waals surface area contributed by atoms with E-state index in [1.165, 1.54) is 0 Å². The molecule has 0 spiro atoms. The van der Waals surface area contributed by atoms with Crippen molar-refractivity contribution in [2.75, 3.05) is 0 Å². The number of amides is 1. The Bertz CT molecular complexity index is 591. The van der Waals surface area contributed by atoms with E-state index in [2.05, 4.69) is 10.3 Å². The summed E-state index contributed by atoms with van der Waals surface area (Å²) in [5, 5.41) is 6.00. The first-order valence-electron chi connectivity index (χ1n) is 7.24. The number of hydrogen-bond donors (Lipinski definition) is 2. The molecule has 3 rings (SSSR count). The lowest BCUT2D eigenvalue weighted by molar-refractivity contribution is -0.125. The van der Waals surface area contributed by atoms with Crippen LogP contribution in [0.25, 0.3) is 0 Å². The van der Waals surface area contributed by atoms with Gasteiger partial charge in [-0.3, -0.25) is 4.79 Å². The second-order valence-corrected chi connectivity index (χ2v) is 6.42. The van der Waals surface area contributed by atoms with Crippen molar-refractivity contribution in [3.05, 3.63) is 52.5 Å². The molecular formula is C16H20ClN3OS. The molecule has 1 aliphatic carbocycles. The molecule has 1 aromatic heterocycles. The van der Waals surface area contributed by atoms with Gasteiger partial charge in [0.1, 0.15) is 11.0 Å². The molecule has 1 amide bonds. The number of halogens is 1. The van der Waals surface area contributed by atoms with Gasteiger partial charge in [-0.15, -0.1) is 23.7 Å². The number of thiazole rings is 1. The molecule has 0 aliphatic heterocycles. The molecule has 4 nitrogen and oxygen atoms in total. The average Bonchev–Trinajstić information content (AvgIpc) is 3.17. The van der Waals surface area contributed by atoms with Crippen LogP contribution in [0, 0.1) is 5.92 Å². The molecule has 1 heterocycles. The van der Waals surface area contributed by atoms with Gasteiger partial charge in [-0.05, 0) is 24.8 Å². The average molecular weight is 338 g/mol. The summed E-state index contributed by atoms with van der Waals surface area (Å²) in [6.45, 7) is 0. The van der Waals surface area contributed by atoms with Crippen LogP contribution in [0.2, 0.25) is 0 Å². The molecule has 2 aromatic rings. The lowest BCUT2D eigenvalue weighted by Crippen LogP contribution is -2.34. The van der Waals surface area contributed by atoms with Crippen LogP contribution in [0.3, 0.4) is 0 Å². The highest BCUT2D eigenvalue weighted by Crippen LogP contribution is 2.28. The van der Waals surface area contributed by atoms with Crippen LogP contribution < -0.4 is 11.1 Å². The summed E-state index contributed by atoms with van der Waals surface area (Å²) in [7, 11) is 0. The Balaban J connectivity index is 0.00000176. The van der Waals surface area contributed by atoms with Crippen molar-refractivity contribution in [3.63, 3.8) is 0 Å². The first kappa shape index (κ1) is 16.9. The molecule has 1 aromatic carbocycles. The van der Waals surface area contributed by atoms with Crippen LogP contribution in [0.4, 0.5) is 0 Å². The van der Waals surface area contributed by atoms with Gasteiger partial charge in [-0.25, -0.2) is 4.98 Å². The number of benzene rings is 1. The number of carbonyl (C=O) groups excluding carboxylic acids is 1. The summed E-state index contributed by atoms with van der Waals surface area (Å²) in [5.74, 6) is 0.123. The zero-order chi connectivity index (χ0) is 14.7. The van der Waals surface area contributed by atoms with Crippen LogP contribution in [-0.4, -0.2) is 16.9 Å². The number of nitrogens with one attached hydrogen (secondary N) is 1. The molecule has 118 valence electrons. The zero-order valence-electron chi connectivity index (χ0n) is 12.1. The number of hydrogen-bond acceptors (Lipinski definition) is 4. The Morgan fingerprint density at radius 3 is 2.68 bits per heavy atom. The number of rotatable bonds is 4. The van der Waals surface area contributed by atoms with Crippen LogP contribution in [0.1, 0.15) is 35.9 Å². The molecule has 22 heavy (non-hydrogen) atoms. The van der Waals surface area contributed by atoms with Crippen LogP contribution in [0.5, 0.6) is 0 Å². The van der Waals surface area contributed by atoms with E-state index in [9.17, 15) is 4.79 Å². The summed E-state index contributed by atoms with van der Waals surface area (Å²) in [5.41, 5.74) is 6.97. The van der Waals surface area contributed by atoms with Crippen molar-refractivity contribution in [3.8, 4) is 0 Å². The lowest BCUT2D eigenvalue weighted by Gasteiger charge is -2.19. The van der Waals surface area contributed by atoms with Gasteiger partial charge in [-0.2, -0.15) is 0 Å². The van der Waals surface area contributed by atoms with E-state index in [1.807, 2.05) is 35.7 Å². The molecule has 3 N–H and O–H groups in total. The highest BCUT2D eigenvalue weighted by atomic mass is 35.5. The fraction of sp³-hybridized carbons (Fsp3) is 0.375. The fourth-order valence-corrected chi connectivity index (χ4v) is 3.54. The van der Waals surface area contributed by atoms with Gasteiger partial charge in [0.05, 0.1) is 0 Å². The van der Waals surface area contributed by atoms with Crippen LogP contribution in [0.15, 0.2) is 41.9 Å². The van der Waals surface area contributed by atoms with E-state index in [1.54, 1.807) is 17.5 Å². The fourth-order valence-electron chi connectivity index (χ4n) is 2.82. The summed E-state index contributed by atoms with van der Waals surface area (Å²) < 4.78 is 0. The van der Waals surface area contributed by atoms with Crippen molar-refractivity contribution in [2.24, 2.45) is 11.7 Å². The molecule has 3 atom stereocenters. The minimum Gasteiger partial charge on any atom is -0.342 e. The Labute approximate surface area is 140 Å². The van der Waals surface area contributed by atoms with E-state index in [4.69, 9.17) is 5.73 Å². The molecule has 6 heteroatoms. The van der Waals surface area contributed by atoms with Crippen molar-refractivity contribution in [1.82, 2.24) is 10.3 Å². The zero-order valence-corrected chi connectivity index (χ0v) is 13.8. The smallest absolute Gasteiger partial charge is 0.223 e.